The summed E-state index contributed by atoms with van der Waals surface area (Å²) >= 11 is 0. The van der Waals surface area contributed by atoms with Crippen molar-refractivity contribution in [2.75, 3.05) is 13.7 Å². The van der Waals surface area contributed by atoms with E-state index in [4.69, 9.17) is 4.74 Å². The first kappa shape index (κ1) is 13.9. The normalized spacial score (nSPS) is 11.9. The average molecular weight is 215 g/mol. The lowest BCUT2D eigenvalue weighted by Gasteiger charge is -2.11. The van der Waals surface area contributed by atoms with Crippen LogP contribution in [0.5, 0.6) is 0 Å². The maximum absolute atomic E-state index is 11.2. The third-order valence-corrected chi connectivity index (χ3v) is 2.12. The van der Waals surface area contributed by atoms with E-state index in [0.717, 1.165) is 0 Å². The first-order valence-corrected chi connectivity index (χ1v) is 5.18. The first-order valence-electron chi connectivity index (χ1n) is 5.18. The molecule has 1 radical (unpaired) electrons. The van der Waals surface area contributed by atoms with E-state index in [2.05, 4.69) is 11.7 Å². The van der Waals surface area contributed by atoms with Crippen molar-refractivity contribution in [1.29, 1.82) is 0 Å². The van der Waals surface area contributed by atoms with Crippen LogP contribution in [-0.4, -0.2) is 25.7 Å². The van der Waals surface area contributed by atoms with Crippen LogP contribution in [-0.2, 0) is 19.1 Å². The number of hydrogen-bond donors (Lipinski definition) is 0. The minimum atomic E-state index is -0.256. The monoisotopic (exact) mass is 215 g/mol. The molecular weight excluding hydrogens is 196 g/mol. The van der Waals surface area contributed by atoms with Gasteiger partial charge in [0.15, 0.2) is 0 Å². The second-order valence-electron chi connectivity index (χ2n) is 3.21. The maximum atomic E-state index is 11.2. The molecule has 0 aliphatic carbocycles. The van der Waals surface area contributed by atoms with Crippen LogP contribution in [0.4, 0.5) is 0 Å². The highest BCUT2D eigenvalue weighted by atomic mass is 16.5. The average Bonchev–Trinajstić information content (AvgIpc) is 2.24. The summed E-state index contributed by atoms with van der Waals surface area (Å²) in [4.78, 5) is 22.2. The van der Waals surface area contributed by atoms with E-state index in [0.29, 0.717) is 32.3 Å². The molecule has 0 saturated carbocycles. The molecule has 0 aromatic heterocycles. The molecular formula is C11H19O4. The van der Waals surface area contributed by atoms with Gasteiger partial charge in [0.05, 0.1) is 19.6 Å². The quantitative estimate of drug-likeness (QED) is 0.607. The summed E-state index contributed by atoms with van der Waals surface area (Å²) < 4.78 is 9.39. The van der Waals surface area contributed by atoms with Gasteiger partial charge in [0.2, 0.25) is 0 Å². The van der Waals surface area contributed by atoms with E-state index in [9.17, 15) is 9.59 Å². The number of ether oxygens (including phenoxy) is 2. The molecule has 87 valence electrons. The van der Waals surface area contributed by atoms with Crippen LogP contribution in [0, 0.1) is 12.8 Å². The van der Waals surface area contributed by atoms with Gasteiger partial charge in [-0.15, -0.1) is 0 Å². The lowest BCUT2D eigenvalue weighted by atomic mass is 9.99. The minimum absolute atomic E-state index is 0.204. The minimum Gasteiger partial charge on any atom is -0.469 e. The predicted octanol–water partition coefficient (Wildman–Crippen LogP) is 1.73. The molecule has 1 unspecified atom stereocenters. The highest BCUT2D eigenvalue weighted by molar-refractivity contribution is 5.72. The van der Waals surface area contributed by atoms with Crippen molar-refractivity contribution >= 4 is 11.9 Å². The Morgan fingerprint density at radius 1 is 1.40 bits per heavy atom. The Hall–Kier alpha value is -1.06. The fraction of sp³-hybridized carbons (Fsp3) is 0.727. The van der Waals surface area contributed by atoms with Crippen molar-refractivity contribution in [3.05, 3.63) is 6.92 Å². The molecule has 0 amide bonds. The lowest BCUT2D eigenvalue weighted by Crippen LogP contribution is -2.16. The second-order valence-corrected chi connectivity index (χ2v) is 3.21. The molecule has 0 fully saturated rings. The Balaban J connectivity index is 3.72. The molecule has 0 aromatic rings. The molecule has 0 heterocycles. The molecule has 0 aromatic carbocycles. The zero-order valence-corrected chi connectivity index (χ0v) is 9.45. The Kier molecular flexibility index (Phi) is 7.68. The van der Waals surface area contributed by atoms with Gasteiger partial charge in [0.1, 0.15) is 0 Å². The molecule has 4 nitrogen and oxygen atoms in total. The van der Waals surface area contributed by atoms with Gasteiger partial charge in [0, 0.05) is 6.42 Å². The van der Waals surface area contributed by atoms with Gasteiger partial charge in [-0.25, -0.2) is 0 Å². The molecule has 0 aliphatic heterocycles. The summed E-state index contributed by atoms with van der Waals surface area (Å²) in [5, 5.41) is 0. The van der Waals surface area contributed by atoms with E-state index in [1.54, 1.807) is 6.92 Å². The fourth-order valence-electron chi connectivity index (χ4n) is 1.27. The van der Waals surface area contributed by atoms with Gasteiger partial charge >= 0.3 is 11.9 Å². The fourth-order valence-corrected chi connectivity index (χ4v) is 1.27. The predicted molar refractivity (Wildman–Crippen MR) is 56.0 cm³/mol. The molecule has 1 atom stereocenters. The van der Waals surface area contributed by atoms with Gasteiger partial charge in [-0.3, -0.25) is 9.59 Å². The van der Waals surface area contributed by atoms with Crippen LogP contribution in [0.2, 0.25) is 0 Å². The van der Waals surface area contributed by atoms with Crippen LogP contribution in [0.1, 0.15) is 32.6 Å². The topological polar surface area (TPSA) is 52.6 Å². The molecule has 0 N–H and O–H groups in total. The van der Waals surface area contributed by atoms with E-state index < -0.39 is 0 Å². The van der Waals surface area contributed by atoms with Gasteiger partial charge in [-0.05, 0) is 26.2 Å². The Morgan fingerprint density at radius 2 is 2.07 bits per heavy atom. The highest BCUT2D eigenvalue weighted by Gasteiger charge is 2.16. The van der Waals surface area contributed by atoms with Crippen molar-refractivity contribution in [3.8, 4) is 0 Å². The summed E-state index contributed by atoms with van der Waals surface area (Å²) in [7, 11) is 1.36. The molecule has 4 heteroatoms. The molecule has 0 aliphatic rings. The van der Waals surface area contributed by atoms with Crippen LogP contribution < -0.4 is 0 Å². The number of rotatable bonds is 7. The molecule has 0 spiro atoms. The largest absolute Gasteiger partial charge is 0.469 e. The van der Waals surface area contributed by atoms with Gasteiger partial charge in [0.25, 0.3) is 0 Å². The lowest BCUT2D eigenvalue weighted by molar-refractivity contribution is -0.147. The van der Waals surface area contributed by atoms with Crippen molar-refractivity contribution in [2.45, 2.75) is 32.6 Å². The molecule has 15 heavy (non-hydrogen) atoms. The Bertz CT molecular complexity index is 201. The van der Waals surface area contributed by atoms with E-state index in [1.807, 2.05) is 0 Å². The summed E-state index contributed by atoms with van der Waals surface area (Å²) in [6.07, 6.45) is 2.10. The Labute approximate surface area is 90.9 Å². The molecule has 0 rings (SSSR count). The molecule has 0 saturated heterocycles. The van der Waals surface area contributed by atoms with E-state index >= 15 is 0 Å². The SMILES string of the molecule is [CH2]CC(CCCC(=O)OCC)C(=O)OC. The van der Waals surface area contributed by atoms with Crippen molar-refractivity contribution in [2.24, 2.45) is 5.92 Å². The standard InChI is InChI=1S/C11H19O4/c1-4-9(11(13)14-3)7-6-8-10(12)15-5-2/h9H,1,4-8H2,2-3H3. The number of esters is 2. The summed E-state index contributed by atoms with van der Waals surface area (Å²) in [5.74, 6) is -0.677. The number of carbonyl (C=O) groups is 2. The summed E-state index contributed by atoms with van der Waals surface area (Å²) in [5.41, 5.74) is 0. The highest BCUT2D eigenvalue weighted by Crippen LogP contribution is 2.14. The van der Waals surface area contributed by atoms with Crippen molar-refractivity contribution < 1.29 is 19.1 Å². The number of carbonyl (C=O) groups excluding carboxylic acids is 2. The van der Waals surface area contributed by atoms with Crippen molar-refractivity contribution in [1.82, 2.24) is 0 Å². The summed E-state index contributed by atoms with van der Waals surface area (Å²) in [6, 6.07) is 0. The van der Waals surface area contributed by atoms with E-state index in [1.165, 1.54) is 7.11 Å². The third-order valence-electron chi connectivity index (χ3n) is 2.12. The van der Waals surface area contributed by atoms with Crippen LogP contribution in [0.15, 0.2) is 0 Å². The van der Waals surface area contributed by atoms with Gasteiger partial charge in [-0.1, -0.05) is 6.92 Å². The van der Waals surface area contributed by atoms with E-state index in [-0.39, 0.29) is 17.9 Å². The zero-order chi connectivity index (χ0) is 11.7. The van der Waals surface area contributed by atoms with Crippen LogP contribution in [0.25, 0.3) is 0 Å². The Morgan fingerprint density at radius 3 is 2.53 bits per heavy atom. The van der Waals surface area contributed by atoms with Crippen LogP contribution in [0.3, 0.4) is 0 Å². The zero-order valence-electron chi connectivity index (χ0n) is 9.45. The van der Waals surface area contributed by atoms with Gasteiger partial charge < -0.3 is 9.47 Å². The van der Waals surface area contributed by atoms with Crippen LogP contribution >= 0.6 is 0 Å². The van der Waals surface area contributed by atoms with Gasteiger partial charge in [-0.2, -0.15) is 0 Å². The number of methoxy groups -OCH3 is 1. The summed E-state index contributed by atoms with van der Waals surface area (Å²) in [6.45, 7) is 5.84. The molecule has 0 bridgehead atoms. The third kappa shape index (κ3) is 6.10. The number of hydrogen-bond acceptors (Lipinski definition) is 4. The second kappa shape index (κ2) is 8.26. The maximum Gasteiger partial charge on any atom is 0.308 e. The smallest absolute Gasteiger partial charge is 0.308 e. The first-order chi connectivity index (χ1) is 7.15. The van der Waals surface area contributed by atoms with Crippen molar-refractivity contribution in [3.63, 3.8) is 0 Å².